The highest BCUT2D eigenvalue weighted by Gasteiger charge is 2.26. The Morgan fingerprint density at radius 2 is 2.15 bits per heavy atom. The predicted octanol–water partition coefficient (Wildman–Crippen LogP) is 4.54. The molecule has 2 heterocycles. The summed E-state index contributed by atoms with van der Waals surface area (Å²) in [5.41, 5.74) is 1.13. The zero-order valence-corrected chi connectivity index (χ0v) is 13.8. The predicted molar refractivity (Wildman–Crippen MR) is 87.1 cm³/mol. The highest BCUT2D eigenvalue weighted by Crippen LogP contribution is 2.33. The van der Waals surface area contributed by atoms with Crippen LogP contribution in [0, 0.1) is 5.92 Å². The van der Waals surface area contributed by atoms with Crippen LogP contribution in [-0.2, 0) is 5.88 Å². The lowest BCUT2D eigenvalue weighted by atomic mass is 9.84. The molecule has 1 fully saturated rings. The van der Waals surface area contributed by atoms with Gasteiger partial charge in [-0.1, -0.05) is 13.3 Å². The van der Waals surface area contributed by atoms with Gasteiger partial charge in [0.1, 0.15) is 0 Å². The number of halogens is 1. The molecule has 110 valence electrons. The number of thiazole rings is 1. The Kier molecular flexibility index (Phi) is 4.22. The molecule has 0 radical (unpaired) electrons. The lowest BCUT2D eigenvalue weighted by molar-refractivity contribution is 0.313. The van der Waals surface area contributed by atoms with E-state index in [-0.39, 0.29) is 0 Å². The van der Waals surface area contributed by atoms with Gasteiger partial charge in [-0.3, -0.25) is 4.40 Å². The molecule has 0 amide bonds. The minimum Gasteiger partial charge on any atom is -0.355 e. The summed E-state index contributed by atoms with van der Waals surface area (Å²) in [5, 5.41) is 2.06. The van der Waals surface area contributed by atoms with Gasteiger partial charge in [0.05, 0.1) is 11.6 Å². The first kappa shape index (κ1) is 14.2. The summed E-state index contributed by atoms with van der Waals surface area (Å²) in [7, 11) is 2.18. The van der Waals surface area contributed by atoms with Crippen LogP contribution in [0.1, 0.15) is 44.7 Å². The fraction of sp³-hybridized carbons (Fsp3) is 0.667. The molecule has 2 aromatic heterocycles. The third-order valence-electron chi connectivity index (χ3n) is 4.74. The molecule has 0 bridgehead atoms. The molecule has 0 saturated heterocycles. The third-order valence-corrected chi connectivity index (χ3v) is 5.75. The van der Waals surface area contributed by atoms with E-state index >= 15 is 0 Å². The fourth-order valence-corrected chi connectivity index (χ4v) is 4.32. The molecule has 1 aliphatic rings. The van der Waals surface area contributed by atoms with E-state index in [4.69, 9.17) is 16.6 Å². The molecule has 20 heavy (non-hydrogen) atoms. The normalized spacial score (nSPS) is 23.4. The maximum atomic E-state index is 6.16. The maximum Gasteiger partial charge on any atom is 0.195 e. The minimum absolute atomic E-state index is 0.516. The van der Waals surface area contributed by atoms with Crippen molar-refractivity contribution < 1.29 is 0 Å². The van der Waals surface area contributed by atoms with Crippen LogP contribution in [0.25, 0.3) is 4.96 Å². The third kappa shape index (κ3) is 2.44. The Balaban J connectivity index is 1.81. The zero-order valence-electron chi connectivity index (χ0n) is 12.2. The van der Waals surface area contributed by atoms with Crippen LogP contribution in [0.2, 0.25) is 0 Å². The van der Waals surface area contributed by atoms with E-state index in [9.17, 15) is 0 Å². The van der Waals surface area contributed by atoms with E-state index in [1.54, 1.807) is 11.3 Å². The van der Waals surface area contributed by atoms with Gasteiger partial charge in [-0.2, -0.15) is 0 Å². The van der Waals surface area contributed by atoms with Crippen LogP contribution in [0.3, 0.4) is 0 Å². The van der Waals surface area contributed by atoms with Crippen LogP contribution in [-0.4, -0.2) is 22.5 Å². The average Bonchev–Trinajstić information content (AvgIpc) is 3.06. The monoisotopic (exact) mass is 311 g/mol. The summed E-state index contributed by atoms with van der Waals surface area (Å²) < 4.78 is 2.13. The van der Waals surface area contributed by atoms with E-state index in [1.165, 1.54) is 32.1 Å². The molecule has 0 aromatic carbocycles. The van der Waals surface area contributed by atoms with Crippen molar-refractivity contribution in [2.75, 3.05) is 11.9 Å². The van der Waals surface area contributed by atoms with E-state index in [0.29, 0.717) is 11.9 Å². The number of anilines is 1. The number of nitrogens with zero attached hydrogens (tertiary/aromatic N) is 3. The summed E-state index contributed by atoms with van der Waals surface area (Å²) in [5.74, 6) is 2.52. The van der Waals surface area contributed by atoms with Gasteiger partial charge in [0.15, 0.2) is 10.8 Å². The van der Waals surface area contributed by atoms with E-state index in [1.807, 2.05) is 0 Å². The smallest absolute Gasteiger partial charge is 0.195 e. The standard InChI is InChI=1S/C15H22ClN3S/c1-3-11-4-6-12(7-5-11)18(2)14-13(10-16)19-8-9-20-15(19)17-14/h8-9,11-12H,3-7,10H2,1-2H3. The van der Waals surface area contributed by atoms with Crippen molar-refractivity contribution in [1.29, 1.82) is 0 Å². The van der Waals surface area contributed by atoms with Gasteiger partial charge < -0.3 is 4.90 Å². The molecular formula is C15H22ClN3S. The van der Waals surface area contributed by atoms with E-state index in [0.717, 1.165) is 22.4 Å². The molecule has 0 aliphatic heterocycles. The van der Waals surface area contributed by atoms with Crippen molar-refractivity contribution in [2.45, 2.75) is 50.9 Å². The van der Waals surface area contributed by atoms with Gasteiger partial charge in [-0.25, -0.2) is 4.98 Å². The molecule has 5 heteroatoms. The first-order chi connectivity index (χ1) is 9.74. The summed E-state index contributed by atoms with van der Waals surface area (Å²) in [4.78, 5) is 8.19. The van der Waals surface area contributed by atoms with Crippen molar-refractivity contribution in [3.05, 3.63) is 17.3 Å². The van der Waals surface area contributed by atoms with Crippen molar-refractivity contribution in [3.8, 4) is 0 Å². The highest BCUT2D eigenvalue weighted by atomic mass is 35.5. The molecule has 0 spiro atoms. The molecule has 3 nitrogen and oxygen atoms in total. The van der Waals surface area contributed by atoms with E-state index in [2.05, 4.69) is 34.8 Å². The van der Waals surface area contributed by atoms with Crippen LogP contribution in [0.15, 0.2) is 11.6 Å². The number of alkyl halides is 1. The van der Waals surface area contributed by atoms with Crippen LogP contribution >= 0.6 is 22.9 Å². The molecule has 3 rings (SSSR count). The van der Waals surface area contributed by atoms with Crippen LogP contribution in [0.4, 0.5) is 5.82 Å². The van der Waals surface area contributed by atoms with Gasteiger partial charge in [-0.15, -0.1) is 22.9 Å². The number of hydrogen-bond acceptors (Lipinski definition) is 3. The Labute approximate surface area is 129 Å². The second-order valence-electron chi connectivity index (χ2n) is 5.77. The van der Waals surface area contributed by atoms with Crippen molar-refractivity contribution in [1.82, 2.24) is 9.38 Å². The molecular weight excluding hydrogens is 290 g/mol. The summed E-state index contributed by atoms with van der Waals surface area (Å²) in [6.07, 6.45) is 8.65. The summed E-state index contributed by atoms with van der Waals surface area (Å²) in [6, 6.07) is 0.615. The summed E-state index contributed by atoms with van der Waals surface area (Å²) in [6.45, 7) is 2.31. The second-order valence-corrected chi connectivity index (χ2v) is 6.91. The molecule has 1 saturated carbocycles. The van der Waals surface area contributed by atoms with Crippen molar-refractivity contribution in [3.63, 3.8) is 0 Å². The van der Waals surface area contributed by atoms with Gasteiger partial charge >= 0.3 is 0 Å². The molecule has 0 unspecified atom stereocenters. The Morgan fingerprint density at radius 1 is 1.40 bits per heavy atom. The number of imidazole rings is 1. The molecule has 2 aromatic rings. The van der Waals surface area contributed by atoms with E-state index < -0.39 is 0 Å². The quantitative estimate of drug-likeness (QED) is 0.773. The van der Waals surface area contributed by atoms with Crippen LogP contribution in [0.5, 0.6) is 0 Å². The van der Waals surface area contributed by atoms with Crippen molar-refractivity contribution >= 4 is 33.7 Å². The fourth-order valence-electron chi connectivity index (χ4n) is 3.34. The van der Waals surface area contributed by atoms with Gasteiger partial charge in [-0.05, 0) is 31.6 Å². The lowest BCUT2D eigenvalue weighted by Crippen LogP contribution is -2.35. The van der Waals surface area contributed by atoms with Crippen molar-refractivity contribution in [2.24, 2.45) is 5.92 Å². The first-order valence-electron chi connectivity index (χ1n) is 7.47. The number of aromatic nitrogens is 2. The maximum absolute atomic E-state index is 6.16. The second kappa shape index (κ2) is 5.94. The number of fused-ring (bicyclic) bond motifs is 1. The first-order valence-corrected chi connectivity index (χ1v) is 8.89. The van der Waals surface area contributed by atoms with Gasteiger partial charge in [0.25, 0.3) is 0 Å². The summed E-state index contributed by atoms with van der Waals surface area (Å²) >= 11 is 7.83. The lowest BCUT2D eigenvalue weighted by Gasteiger charge is -2.35. The highest BCUT2D eigenvalue weighted by molar-refractivity contribution is 7.15. The van der Waals surface area contributed by atoms with Gasteiger partial charge in [0, 0.05) is 24.7 Å². The average molecular weight is 312 g/mol. The number of hydrogen-bond donors (Lipinski definition) is 0. The minimum atomic E-state index is 0.516. The largest absolute Gasteiger partial charge is 0.355 e. The zero-order chi connectivity index (χ0) is 14.1. The Morgan fingerprint density at radius 3 is 2.80 bits per heavy atom. The molecule has 0 atom stereocenters. The molecule has 1 aliphatic carbocycles. The van der Waals surface area contributed by atoms with Crippen LogP contribution < -0.4 is 4.90 Å². The SMILES string of the molecule is CCC1CCC(N(C)c2nc3sccn3c2CCl)CC1. The molecule has 0 N–H and O–H groups in total. The topological polar surface area (TPSA) is 20.5 Å². The number of rotatable bonds is 4. The Bertz CT molecular complexity index is 569. The van der Waals surface area contributed by atoms with Gasteiger partial charge in [0.2, 0.25) is 0 Å². The Hall–Kier alpha value is -0.740.